The van der Waals surface area contributed by atoms with Crippen LogP contribution >= 0.6 is 0 Å². The molecule has 4 rings (SSSR count). The third kappa shape index (κ3) is 6.13. The zero-order chi connectivity index (χ0) is 26.7. The molecule has 0 aromatic carbocycles. The average molecular weight is 518 g/mol. The van der Waals surface area contributed by atoms with Crippen molar-refractivity contribution >= 4 is 34.1 Å². The number of nitrogens with zero attached hydrogens (tertiary/aromatic N) is 5. The van der Waals surface area contributed by atoms with Gasteiger partial charge in [-0.25, -0.2) is 14.4 Å². The van der Waals surface area contributed by atoms with E-state index in [1.165, 1.54) is 29.2 Å². The first-order valence-electron chi connectivity index (χ1n) is 11.6. The van der Waals surface area contributed by atoms with Gasteiger partial charge in [0.2, 0.25) is 0 Å². The van der Waals surface area contributed by atoms with Crippen LogP contribution in [0, 0.1) is 0 Å². The van der Waals surface area contributed by atoms with Crippen molar-refractivity contribution in [2.45, 2.75) is 24.8 Å². The molecule has 0 unspecified atom stereocenters. The van der Waals surface area contributed by atoms with Crippen LogP contribution in [0.5, 0.6) is 0 Å². The molecule has 0 bridgehead atoms. The van der Waals surface area contributed by atoms with Crippen LogP contribution in [0.1, 0.15) is 28.2 Å². The fourth-order valence-electron chi connectivity index (χ4n) is 4.13. The smallest absolute Gasteiger partial charge is 0.364 e. The second kappa shape index (κ2) is 10.7. The lowest BCUT2D eigenvalue weighted by molar-refractivity contribution is -0.0688. The quantitative estimate of drug-likeness (QED) is 0.463. The Balaban J connectivity index is 1.63. The number of pyridine rings is 2. The standard InChI is InChI=1S/C25H27F4N7O/c1-15(25(27,28)29)22-18-6-9-30-23(34-21-7-10-35(2)14-20(21)26)19(18)11-17(33-22)5-4-8-31-24(37)16-12-32-36(3)13-16/h4-6,9,11-13,20-21H,1,7-8,10,14H2,2-3H3,(H,30,34)(H,31,37)/b5-4+/t20-,21+/m0/s1. The third-order valence-corrected chi connectivity index (χ3v) is 6.11. The zero-order valence-electron chi connectivity index (χ0n) is 20.4. The number of anilines is 1. The van der Waals surface area contributed by atoms with Crippen molar-refractivity contribution in [1.82, 2.24) is 30.0 Å². The van der Waals surface area contributed by atoms with Crippen molar-refractivity contribution in [3.63, 3.8) is 0 Å². The van der Waals surface area contributed by atoms with E-state index in [2.05, 4.69) is 32.3 Å². The minimum absolute atomic E-state index is 0.111. The minimum atomic E-state index is -4.70. The molecule has 2 atom stereocenters. The van der Waals surface area contributed by atoms with Gasteiger partial charge in [-0.2, -0.15) is 18.3 Å². The number of rotatable bonds is 7. The largest absolute Gasteiger partial charge is 0.417 e. The van der Waals surface area contributed by atoms with Gasteiger partial charge in [0.1, 0.15) is 12.0 Å². The molecule has 0 radical (unpaired) electrons. The van der Waals surface area contributed by atoms with Gasteiger partial charge in [-0.1, -0.05) is 12.7 Å². The number of likely N-dealkylation sites (tertiary alicyclic amines) is 1. The summed E-state index contributed by atoms with van der Waals surface area (Å²) in [5.74, 6) is -0.0715. The van der Waals surface area contributed by atoms with E-state index in [1.54, 1.807) is 25.4 Å². The molecular formula is C25H27F4N7O. The number of halogens is 4. The summed E-state index contributed by atoms with van der Waals surface area (Å²) in [5, 5.41) is 10.3. The van der Waals surface area contributed by atoms with Crippen LogP contribution in [0.25, 0.3) is 22.4 Å². The molecule has 1 aliphatic rings. The molecular weight excluding hydrogens is 490 g/mol. The van der Waals surface area contributed by atoms with Gasteiger partial charge >= 0.3 is 6.18 Å². The van der Waals surface area contributed by atoms with Crippen LogP contribution in [0.2, 0.25) is 0 Å². The molecule has 0 aliphatic carbocycles. The molecule has 3 aromatic rings. The molecule has 1 fully saturated rings. The molecule has 196 valence electrons. The Bertz CT molecular complexity index is 1330. The molecule has 1 saturated heterocycles. The van der Waals surface area contributed by atoms with Gasteiger partial charge in [0.05, 0.1) is 34.8 Å². The lowest BCUT2D eigenvalue weighted by Gasteiger charge is -2.33. The fourth-order valence-corrected chi connectivity index (χ4v) is 4.13. The fraction of sp³-hybridized carbons (Fsp3) is 0.360. The highest BCUT2D eigenvalue weighted by atomic mass is 19.4. The Labute approximate surface area is 211 Å². The van der Waals surface area contributed by atoms with Crippen molar-refractivity contribution in [2.24, 2.45) is 7.05 Å². The van der Waals surface area contributed by atoms with Crippen molar-refractivity contribution in [3.05, 3.63) is 60.3 Å². The van der Waals surface area contributed by atoms with Gasteiger partial charge in [-0.3, -0.25) is 9.48 Å². The number of carbonyl (C=O) groups is 1. The summed E-state index contributed by atoms with van der Waals surface area (Å²) in [5.41, 5.74) is -0.850. The van der Waals surface area contributed by atoms with Crippen molar-refractivity contribution < 1.29 is 22.4 Å². The van der Waals surface area contributed by atoms with E-state index in [0.29, 0.717) is 23.9 Å². The number of nitrogens with one attached hydrogen (secondary N) is 2. The maximum atomic E-state index is 14.7. The van der Waals surface area contributed by atoms with Gasteiger partial charge in [0, 0.05) is 49.8 Å². The minimum Gasteiger partial charge on any atom is -0.364 e. The van der Waals surface area contributed by atoms with Crippen molar-refractivity contribution in [2.75, 3.05) is 32.0 Å². The van der Waals surface area contributed by atoms with Crippen molar-refractivity contribution in [3.8, 4) is 0 Å². The summed E-state index contributed by atoms with van der Waals surface area (Å²) in [7, 11) is 3.52. The van der Waals surface area contributed by atoms with Crippen LogP contribution < -0.4 is 10.6 Å². The Kier molecular flexibility index (Phi) is 7.58. The second-order valence-electron chi connectivity index (χ2n) is 8.96. The number of aromatic nitrogens is 4. The topological polar surface area (TPSA) is 88.0 Å². The molecule has 0 saturated carbocycles. The summed E-state index contributed by atoms with van der Waals surface area (Å²) in [6.07, 6.45) is 2.08. The van der Waals surface area contributed by atoms with E-state index in [-0.39, 0.29) is 41.6 Å². The first kappa shape index (κ1) is 26.3. The average Bonchev–Trinajstić information content (AvgIpc) is 3.28. The Morgan fingerprint density at radius 2 is 2.08 bits per heavy atom. The van der Waals surface area contributed by atoms with E-state index in [9.17, 15) is 22.4 Å². The summed E-state index contributed by atoms with van der Waals surface area (Å²) < 4.78 is 57.0. The van der Waals surface area contributed by atoms with E-state index >= 15 is 0 Å². The molecule has 2 N–H and O–H groups in total. The van der Waals surface area contributed by atoms with Crippen molar-refractivity contribution in [1.29, 1.82) is 0 Å². The van der Waals surface area contributed by atoms with E-state index in [1.807, 2.05) is 11.9 Å². The van der Waals surface area contributed by atoms with Crippen LogP contribution in [-0.4, -0.2) is 75.6 Å². The van der Waals surface area contributed by atoms with Crippen LogP contribution in [0.15, 0.2) is 43.4 Å². The Morgan fingerprint density at radius 3 is 2.76 bits per heavy atom. The summed E-state index contributed by atoms with van der Waals surface area (Å²) >= 11 is 0. The molecule has 1 amide bonds. The second-order valence-corrected chi connectivity index (χ2v) is 8.96. The molecule has 37 heavy (non-hydrogen) atoms. The third-order valence-electron chi connectivity index (χ3n) is 6.11. The molecule has 3 aromatic heterocycles. The van der Waals surface area contributed by atoms with E-state index in [0.717, 1.165) is 0 Å². The van der Waals surface area contributed by atoms with Gasteiger partial charge in [0.15, 0.2) is 0 Å². The number of hydrogen-bond acceptors (Lipinski definition) is 6. The lowest BCUT2D eigenvalue weighted by Crippen LogP contribution is -2.46. The van der Waals surface area contributed by atoms with Gasteiger partial charge in [-0.15, -0.1) is 0 Å². The highest BCUT2D eigenvalue weighted by Crippen LogP contribution is 2.37. The first-order chi connectivity index (χ1) is 17.5. The maximum Gasteiger partial charge on any atom is 0.417 e. The Hall–Kier alpha value is -3.80. The molecule has 8 nitrogen and oxygen atoms in total. The van der Waals surface area contributed by atoms with Gasteiger partial charge in [0.25, 0.3) is 5.91 Å². The molecule has 12 heteroatoms. The molecule has 0 spiro atoms. The number of allylic oxidation sites excluding steroid dienone is 1. The van der Waals surface area contributed by atoms with E-state index in [4.69, 9.17) is 0 Å². The SMILES string of the molecule is C=C(c1nc(/C=C/CNC(=O)c2cnn(C)c2)cc2c(N[C@@H]3CCN(C)C[C@@H]3F)nccc12)C(F)(F)F. The van der Waals surface area contributed by atoms with Crippen LogP contribution in [-0.2, 0) is 7.05 Å². The molecule has 1 aliphatic heterocycles. The normalized spacial score (nSPS) is 18.9. The van der Waals surface area contributed by atoms with E-state index < -0.39 is 24.0 Å². The summed E-state index contributed by atoms with van der Waals surface area (Å²) in [6, 6.07) is 2.49. The summed E-state index contributed by atoms with van der Waals surface area (Å²) in [6.45, 7) is 4.27. The van der Waals surface area contributed by atoms with Gasteiger partial charge in [-0.05, 0) is 31.7 Å². The van der Waals surface area contributed by atoms with Gasteiger partial charge < -0.3 is 15.5 Å². The number of alkyl halides is 4. The molecule has 4 heterocycles. The number of hydrogen-bond donors (Lipinski definition) is 2. The van der Waals surface area contributed by atoms with Crippen LogP contribution in [0.3, 0.4) is 0 Å². The maximum absolute atomic E-state index is 14.7. The number of carbonyl (C=O) groups excluding carboxylic acids is 1. The zero-order valence-corrected chi connectivity index (χ0v) is 20.4. The number of fused-ring (bicyclic) bond motifs is 1. The number of amides is 1. The Morgan fingerprint density at radius 1 is 1.30 bits per heavy atom. The van der Waals surface area contributed by atoms with Crippen LogP contribution in [0.4, 0.5) is 23.4 Å². The predicted molar refractivity (Wildman–Crippen MR) is 134 cm³/mol. The summed E-state index contributed by atoms with van der Waals surface area (Å²) in [4.78, 5) is 22.5. The first-order valence-corrected chi connectivity index (χ1v) is 11.6. The highest BCUT2D eigenvalue weighted by molar-refractivity contribution is 5.99. The highest BCUT2D eigenvalue weighted by Gasteiger charge is 2.35. The monoisotopic (exact) mass is 517 g/mol. The predicted octanol–water partition coefficient (Wildman–Crippen LogP) is 3.84. The number of piperidine rings is 1. The number of aryl methyl sites for hydroxylation is 1. The lowest BCUT2D eigenvalue weighted by atomic mass is 10.0.